The van der Waals surface area contributed by atoms with Crippen molar-refractivity contribution < 1.29 is 38.1 Å². The van der Waals surface area contributed by atoms with Crippen molar-refractivity contribution in [1.29, 1.82) is 0 Å². The van der Waals surface area contributed by atoms with E-state index >= 15 is 0 Å². The molecule has 0 saturated carbocycles. The Hall–Kier alpha value is -3.30. The number of hydrazine groups is 1. The summed E-state index contributed by atoms with van der Waals surface area (Å²) in [5.74, 6) is -0.779. The van der Waals surface area contributed by atoms with Gasteiger partial charge >= 0.3 is 24.2 Å². The second-order valence-corrected chi connectivity index (χ2v) is 9.13. The third-order valence-corrected chi connectivity index (χ3v) is 3.94. The molecule has 1 aromatic carbocycles. The fourth-order valence-corrected chi connectivity index (χ4v) is 2.70. The summed E-state index contributed by atoms with van der Waals surface area (Å²) in [6.45, 7) is 9.46. The Kier molecular flexibility index (Phi) is 7.71. The van der Waals surface area contributed by atoms with Crippen LogP contribution in [0.4, 0.5) is 14.4 Å². The summed E-state index contributed by atoms with van der Waals surface area (Å²) in [6, 6.07) is 7.55. The Bertz CT molecular complexity index is 814. The summed E-state index contributed by atoms with van der Waals surface area (Å²) in [7, 11) is 0. The summed E-state index contributed by atoms with van der Waals surface area (Å²) >= 11 is 0. The van der Waals surface area contributed by atoms with E-state index in [9.17, 15) is 19.2 Å². The van der Waals surface area contributed by atoms with Crippen LogP contribution in [0.25, 0.3) is 0 Å². The van der Waals surface area contributed by atoms with Crippen LogP contribution in [-0.4, -0.2) is 58.1 Å². The van der Waals surface area contributed by atoms with Crippen molar-refractivity contribution in [2.24, 2.45) is 0 Å². The van der Waals surface area contributed by atoms with Gasteiger partial charge in [0, 0.05) is 6.42 Å². The van der Waals surface area contributed by atoms with E-state index in [1.807, 2.05) is 0 Å². The molecule has 1 heterocycles. The highest BCUT2D eigenvalue weighted by molar-refractivity contribution is 5.92. The number of cyclic esters (lactones) is 1. The molecule has 32 heavy (non-hydrogen) atoms. The van der Waals surface area contributed by atoms with Gasteiger partial charge in [0.1, 0.15) is 17.8 Å². The normalized spacial score (nSPS) is 16.1. The Balaban J connectivity index is 2.40. The Morgan fingerprint density at radius 3 is 1.91 bits per heavy atom. The van der Waals surface area contributed by atoms with Crippen molar-refractivity contribution in [3.05, 3.63) is 35.9 Å². The maximum Gasteiger partial charge on any atom is 0.439 e. The van der Waals surface area contributed by atoms with Gasteiger partial charge in [-0.25, -0.2) is 19.2 Å². The second kappa shape index (κ2) is 9.88. The molecule has 0 N–H and O–H groups in total. The van der Waals surface area contributed by atoms with E-state index in [0.29, 0.717) is 15.6 Å². The number of amides is 3. The first-order chi connectivity index (χ1) is 14.8. The van der Waals surface area contributed by atoms with Gasteiger partial charge in [-0.3, -0.25) is 0 Å². The third-order valence-electron chi connectivity index (χ3n) is 3.94. The molecule has 0 bridgehead atoms. The third kappa shape index (κ3) is 7.14. The number of hydrogen-bond acceptors (Lipinski definition) is 8. The number of imide groups is 1. The standard InChI is InChI=1S/C22H30N2O8/c1-21(2,3)31-19(27)24(20(28)32-22(4,5)6)23(16-12-13-29-17(16)25)18(26)30-14-15-10-8-7-9-11-15/h7-11,16H,12-14H2,1-6H3/t16-/m0/s1. The zero-order chi connectivity index (χ0) is 24.1. The largest absolute Gasteiger partial charge is 0.464 e. The monoisotopic (exact) mass is 450 g/mol. The number of nitrogens with zero attached hydrogens (tertiary/aromatic N) is 2. The highest BCUT2D eigenvalue weighted by Gasteiger charge is 2.47. The van der Waals surface area contributed by atoms with E-state index in [-0.39, 0.29) is 19.6 Å². The molecule has 1 saturated heterocycles. The first-order valence-electron chi connectivity index (χ1n) is 10.2. The minimum absolute atomic E-state index is 0.0163. The molecule has 176 valence electrons. The molecule has 0 aliphatic carbocycles. The summed E-state index contributed by atoms with van der Waals surface area (Å²) in [5, 5.41) is 0.974. The molecule has 1 atom stereocenters. The number of carbonyl (C=O) groups is 4. The SMILES string of the molecule is CC(C)(C)OC(=O)N(C(=O)OC(C)(C)C)N(C(=O)OCc1ccccc1)[C@H]1CCOC1=O. The molecule has 3 amide bonds. The minimum Gasteiger partial charge on any atom is -0.464 e. The van der Waals surface area contributed by atoms with Gasteiger partial charge < -0.3 is 18.9 Å². The lowest BCUT2D eigenvalue weighted by Crippen LogP contribution is -2.60. The molecule has 1 aliphatic rings. The van der Waals surface area contributed by atoms with E-state index < -0.39 is 41.5 Å². The van der Waals surface area contributed by atoms with Crippen molar-refractivity contribution in [2.45, 2.75) is 71.8 Å². The number of carbonyl (C=O) groups excluding carboxylic acids is 4. The predicted molar refractivity (Wildman–Crippen MR) is 112 cm³/mol. The van der Waals surface area contributed by atoms with Gasteiger partial charge in [0.2, 0.25) is 0 Å². The average Bonchev–Trinajstić information content (AvgIpc) is 3.07. The topological polar surface area (TPSA) is 112 Å². The van der Waals surface area contributed by atoms with Crippen LogP contribution < -0.4 is 0 Å². The number of benzene rings is 1. The lowest BCUT2D eigenvalue weighted by Gasteiger charge is -2.36. The molecule has 1 aliphatic heterocycles. The van der Waals surface area contributed by atoms with Gasteiger partial charge in [-0.15, -0.1) is 5.01 Å². The van der Waals surface area contributed by atoms with E-state index in [0.717, 1.165) is 0 Å². The summed E-state index contributed by atoms with van der Waals surface area (Å²) < 4.78 is 20.9. The van der Waals surface area contributed by atoms with Crippen LogP contribution in [0, 0.1) is 0 Å². The van der Waals surface area contributed by atoms with Crippen molar-refractivity contribution in [2.75, 3.05) is 6.61 Å². The zero-order valence-corrected chi connectivity index (χ0v) is 19.2. The van der Waals surface area contributed by atoms with Gasteiger partial charge in [0.15, 0.2) is 6.04 Å². The van der Waals surface area contributed by atoms with Crippen LogP contribution in [0.15, 0.2) is 30.3 Å². The Labute approximate surface area is 187 Å². The van der Waals surface area contributed by atoms with Gasteiger partial charge in [-0.2, -0.15) is 5.01 Å². The fraction of sp³-hybridized carbons (Fsp3) is 0.545. The van der Waals surface area contributed by atoms with Crippen LogP contribution in [0.2, 0.25) is 0 Å². The Morgan fingerprint density at radius 1 is 0.938 bits per heavy atom. The van der Waals surface area contributed by atoms with E-state index in [4.69, 9.17) is 18.9 Å². The smallest absolute Gasteiger partial charge is 0.439 e. The maximum atomic E-state index is 13.1. The predicted octanol–water partition coefficient (Wildman–Crippen LogP) is 4.03. The molecule has 0 spiro atoms. The van der Waals surface area contributed by atoms with Gasteiger partial charge in [-0.05, 0) is 47.1 Å². The highest BCUT2D eigenvalue weighted by atomic mass is 16.6. The molecule has 0 radical (unpaired) electrons. The molecular formula is C22H30N2O8. The molecular weight excluding hydrogens is 420 g/mol. The lowest BCUT2D eigenvalue weighted by atomic mass is 10.2. The van der Waals surface area contributed by atoms with Crippen molar-refractivity contribution in [1.82, 2.24) is 10.0 Å². The van der Waals surface area contributed by atoms with Crippen LogP contribution >= 0.6 is 0 Å². The van der Waals surface area contributed by atoms with Crippen LogP contribution in [0.5, 0.6) is 0 Å². The number of esters is 1. The van der Waals surface area contributed by atoms with Gasteiger partial charge in [-0.1, -0.05) is 30.3 Å². The van der Waals surface area contributed by atoms with E-state index in [2.05, 4.69) is 0 Å². The van der Waals surface area contributed by atoms with E-state index in [1.54, 1.807) is 71.9 Å². The summed E-state index contributed by atoms with van der Waals surface area (Å²) in [5.41, 5.74) is -1.31. The lowest BCUT2D eigenvalue weighted by molar-refractivity contribution is -0.146. The van der Waals surface area contributed by atoms with Crippen molar-refractivity contribution in [3.8, 4) is 0 Å². The average molecular weight is 450 g/mol. The van der Waals surface area contributed by atoms with E-state index in [1.165, 1.54) is 0 Å². The molecule has 2 rings (SSSR count). The molecule has 1 fully saturated rings. The Morgan fingerprint density at radius 2 is 1.47 bits per heavy atom. The number of rotatable bonds is 3. The second-order valence-electron chi connectivity index (χ2n) is 9.13. The summed E-state index contributed by atoms with van der Waals surface area (Å²) in [6.07, 6.45) is -3.43. The first kappa shape index (κ1) is 25.0. The first-order valence-corrected chi connectivity index (χ1v) is 10.2. The van der Waals surface area contributed by atoms with Gasteiger partial charge in [0.05, 0.1) is 6.61 Å². The fourth-order valence-electron chi connectivity index (χ4n) is 2.70. The molecule has 0 unspecified atom stereocenters. The number of ether oxygens (including phenoxy) is 4. The molecule has 0 aromatic heterocycles. The maximum absolute atomic E-state index is 13.1. The molecule has 1 aromatic rings. The summed E-state index contributed by atoms with van der Waals surface area (Å²) in [4.78, 5) is 51.3. The quantitative estimate of drug-likeness (QED) is 0.385. The van der Waals surface area contributed by atoms with Crippen molar-refractivity contribution in [3.63, 3.8) is 0 Å². The van der Waals surface area contributed by atoms with Crippen molar-refractivity contribution >= 4 is 24.2 Å². The highest BCUT2D eigenvalue weighted by Crippen LogP contribution is 2.23. The zero-order valence-electron chi connectivity index (χ0n) is 19.2. The van der Waals surface area contributed by atoms with Crippen LogP contribution in [0.1, 0.15) is 53.5 Å². The van der Waals surface area contributed by atoms with Gasteiger partial charge in [0.25, 0.3) is 0 Å². The minimum atomic E-state index is -1.27. The van der Waals surface area contributed by atoms with Crippen LogP contribution in [0.3, 0.4) is 0 Å². The van der Waals surface area contributed by atoms with Crippen LogP contribution in [-0.2, 0) is 30.3 Å². The molecule has 10 heteroatoms. The molecule has 10 nitrogen and oxygen atoms in total. The number of hydrogen-bond donors (Lipinski definition) is 0.